The van der Waals surface area contributed by atoms with E-state index in [-0.39, 0.29) is 24.9 Å². The zero-order chi connectivity index (χ0) is 19.1. The minimum atomic E-state index is -0.692. The lowest BCUT2D eigenvalue weighted by molar-refractivity contribution is -0.156. The van der Waals surface area contributed by atoms with Gasteiger partial charge in [-0.15, -0.1) is 12.4 Å². The first kappa shape index (κ1) is 22.4. The molecule has 1 heterocycles. The van der Waals surface area contributed by atoms with E-state index in [0.29, 0.717) is 44.0 Å². The Labute approximate surface area is 163 Å². The summed E-state index contributed by atoms with van der Waals surface area (Å²) in [6.45, 7) is 3.31. The summed E-state index contributed by atoms with van der Waals surface area (Å²) in [5, 5.41) is 5.26. The Kier molecular flexibility index (Phi) is 8.70. The minimum Gasteiger partial charge on any atom is -0.351 e. The zero-order valence-electron chi connectivity index (χ0n) is 15.1. The summed E-state index contributed by atoms with van der Waals surface area (Å²) in [7, 11) is 0. The van der Waals surface area contributed by atoms with Crippen LogP contribution in [0.15, 0.2) is 24.3 Å². The standard InChI is InChI=1S/C17H23N5O4.ClH/c1-2-21-9-10-22(17(26)16(21)25)11-14(23)20-13-6-4-3-5-12(13)15(24)19-8-7-18;/h3-6H,2,7-11,18H2,1H3,(H,19,24)(H,20,23);1H. The molecule has 0 unspecified atom stereocenters. The molecule has 1 saturated heterocycles. The number of anilines is 1. The van der Waals surface area contributed by atoms with Gasteiger partial charge in [0.1, 0.15) is 6.54 Å². The number of carbonyl (C=O) groups excluding carboxylic acids is 4. The largest absolute Gasteiger partial charge is 0.351 e. The first-order valence-corrected chi connectivity index (χ1v) is 8.43. The topological polar surface area (TPSA) is 125 Å². The average molecular weight is 398 g/mol. The van der Waals surface area contributed by atoms with Gasteiger partial charge in [-0.3, -0.25) is 19.2 Å². The Morgan fingerprint density at radius 1 is 1.11 bits per heavy atom. The van der Waals surface area contributed by atoms with Gasteiger partial charge in [-0.1, -0.05) is 12.1 Å². The van der Waals surface area contributed by atoms with E-state index in [1.807, 2.05) is 0 Å². The Morgan fingerprint density at radius 2 is 1.74 bits per heavy atom. The predicted octanol–water partition coefficient (Wildman–Crippen LogP) is -0.574. The quantitative estimate of drug-likeness (QED) is 0.531. The number of halogens is 1. The summed E-state index contributed by atoms with van der Waals surface area (Å²) < 4.78 is 0. The fourth-order valence-corrected chi connectivity index (χ4v) is 2.60. The highest BCUT2D eigenvalue weighted by Crippen LogP contribution is 2.15. The summed E-state index contributed by atoms with van der Waals surface area (Å²) in [5.41, 5.74) is 6.00. The zero-order valence-corrected chi connectivity index (χ0v) is 15.9. The number of nitrogens with two attached hydrogens (primary N) is 1. The summed E-state index contributed by atoms with van der Waals surface area (Å²) in [6, 6.07) is 6.54. The highest BCUT2D eigenvalue weighted by molar-refractivity contribution is 6.35. The molecule has 1 aromatic carbocycles. The highest BCUT2D eigenvalue weighted by Gasteiger charge is 2.32. The molecular weight excluding hydrogens is 374 g/mol. The van der Waals surface area contributed by atoms with Crippen LogP contribution in [-0.4, -0.2) is 72.7 Å². The van der Waals surface area contributed by atoms with Crippen molar-refractivity contribution in [3.8, 4) is 0 Å². The monoisotopic (exact) mass is 397 g/mol. The Hall–Kier alpha value is -2.65. The molecule has 2 rings (SSSR count). The van der Waals surface area contributed by atoms with Crippen molar-refractivity contribution in [3.05, 3.63) is 29.8 Å². The van der Waals surface area contributed by atoms with Crippen molar-refractivity contribution in [2.45, 2.75) is 6.92 Å². The van der Waals surface area contributed by atoms with Crippen LogP contribution in [0.3, 0.4) is 0 Å². The van der Waals surface area contributed by atoms with E-state index in [2.05, 4.69) is 10.6 Å². The number of nitrogens with one attached hydrogen (secondary N) is 2. The minimum absolute atomic E-state index is 0. The van der Waals surface area contributed by atoms with Gasteiger partial charge in [0.25, 0.3) is 5.91 Å². The van der Waals surface area contributed by atoms with Crippen molar-refractivity contribution < 1.29 is 19.2 Å². The number of hydrogen-bond acceptors (Lipinski definition) is 5. The third-order valence-corrected chi connectivity index (χ3v) is 3.99. The number of likely N-dealkylation sites (N-methyl/N-ethyl adjacent to an activating group) is 1. The lowest BCUT2D eigenvalue weighted by Gasteiger charge is -2.32. The second-order valence-electron chi connectivity index (χ2n) is 5.75. The average Bonchev–Trinajstić information content (AvgIpc) is 2.64. The first-order chi connectivity index (χ1) is 12.5. The van der Waals surface area contributed by atoms with E-state index >= 15 is 0 Å². The van der Waals surface area contributed by atoms with Crippen molar-refractivity contribution in [2.24, 2.45) is 5.73 Å². The number of benzene rings is 1. The Balaban J connectivity index is 0.00000364. The molecule has 0 saturated carbocycles. The molecule has 0 aromatic heterocycles. The van der Waals surface area contributed by atoms with Gasteiger partial charge in [0.2, 0.25) is 5.91 Å². The van der Waals surface area contributed by atoms with Crippen LogP contribution in [0.1, 0.15) is 17.3 Å². The van der Waals surface area contributed by atoms with Crippen molar-refractivity contribution in [3.63, 3.8) is 0 Å². The molecule has 1 aliphatic heterocycles. The molecular formula is C17H24ClN5O4. The number of para-hydroxylation sites is 1. The summed E-state index contributed by atoms with van der Waals surface area (Å²) in [6.07, 6.45) is 0. The maximum Gasteiger partial charge on any atom is 0.312 e. The molecule has 1 aromatic rings. The van der Waals surface area contributed by atoms with Crippen LogP contribution in [0.4, 0.5) is 5.69 Å². The fraction of sp³-hybridized carbons (Fsp3) is 0.412. The van der Waals surface area contributed by atoms with Gasteiger partial charge in [-0.25, -0.2) is 0 Å². The van der Waals surface area contributed by atoms with Gasteiger partial charge >= 0.3 is 11.8 Å². The first-order valence-electron chi connectivity index (χ1n) is 8.43. The van der Waals surface area contributed by atoms with Gasteiger partial charge in [0.05, 0.1) is 11.3 Å². The molecule has 10 heteroatoms. The third kappa shape index (κ3) is 5.66. The third-order valence-electron chi connectivity index (χ3n) is 3.99. The highest BCUT2D eigenvalue weighted by atomic mass is 35.5. The van der Waals surface area contributed by atoms with Crippen molar-refractivity contribution in [1.82, 2.24) is 15.1 Å². The number of nitrogens with zero attached hydrogens (tertiary/aromatic N) is 2. The maximum absolute atomic E-state index is 12.3. The number of hydrogen-bond donors (Lipinski definition) is 3. The van der Waals surface area contributed by atoms with Crippen molar-refractivity contribution in [2.75, 3.05) is 44.6 Å². The molecule has 0 bridgehead atoms. The molecule has 27 heavy (non-hydrogen) atoms. The lowest BCUT2D eigenvalue weighted by atomic mass is 10.1. The molecule has 0 atom stereocenters. The molecule has 4 N–H and O–H groups in total. The fourth-order valence-electron chi connectivity index (χ4n) is 2.60. The van der Waals surface area contributed by atoms with Crippen LogP contribution in [-0.2, 0) is 14.4 Å². The molecule has 9 nitrogen and oxygen atoms in total. The van der Waals surface area contributed by atoms with Crippen LogP contribution >= 0.6 is 12.4 Å². The molecule has 0 radical (unpaired) electrons. The molecule has 0 aliphatic carbocycles. The van der Waals surface area contributed by atoms with Crippen LogP contribution in [0.25, 0.3) is 0 Å². The van der Waals surface area contributed by atoms with E-state index < -0.39 is 17.7 Å². The second kappa shape index (κ2) is 10.5. The van der Waals surface area contributed by atoms with Crippen LogP contribution < -0.4 is 16.4 Å². The summed E-state index contributed by atoms with van der Waals surface area (Å²) in [5.74, 6) is -2.13. The maximum atomic E-state index is 12.3. The summed E-state index contributed by atoms with van der Waals surface area (Å²) >= 11 is 0. The van der Waals surface area contributed by atoms with Crippen LogP contribution in [0.2, 0.25) is 0 Å². The Bertz CT molecular complexity index is 712. The van der Waals surface area contributed by atoms with Gasteiger partial charge < -0.3 is 26.2 Å². The molecule has 0 spiro atoms. The van der Waals surface area contributed by atoms with Crippen LogP contribution in [0, 0.1) is 0 Å². The lowest BCUT2D eigenvalue weighted by Crippen LogP contribution is -2.55. The van der Waals surface area contributed by atoms with Gasteiger partial charge in [-0.2, -0.15) is 0 Å². The van der Waals surface area contributed by atoms with E-state index in [1.54, 1.807) is 31.2 Å². The molecule has 1 aliphatic rings. The van der Waals surface area contributed by atoms with Gasteiger partial charge in [0.15, 0.2) is 0 Å². The predicted molar refractivity (Wildman–Crippen MR) is 103 cm³/mol. The normalized spacial score (nSPS) is 13.9. The van der Waals surface area contributed by atoms with Crippen molar-refractivity contribution >= 4 is 41.7 Å². The van der Waals surface area contributed by atoms with Gasteiger partial charge in [0, 0.05) is 32.7 Å². The molecule has 148 valence electrons. The van der Waals surface area contributed by atoms with E-state index in [9.17, 15) is 19.2 Å². The van der Waals surface area contributed by atoms with E-state index in [1.165, 1.54) is 9.80 Å². The van der Waals surface area contributed by atoms with Crippen LogP contribution in [0.5, 0.6) is 0 Å². The smallest absolute Gasteiger partial charge is 0.312 e. The molecule has 1 fully saturated rings. The van der Waals surface area contributed by atoms with Gasteiger partial charge in [-0.05, 0) is 19.1 Å². The number of rotatable bonds is 7. The number of carbonyl (C=O) groups is 4. The molecule has 4 amide bonds. The number of piperazine rings is 1. The SMILES string of the molecule is CCN1CCN(CC(=O)Nc2ccccc2C(=O)NCCN)C(=O)C1=O.Cl. The van der Waals surface area contributed by atoms with E-state index in [4.69, 9.17) is 5.73 Å². The second-order valence-corrected chi connectivity index (χ2v) is 5.75. The van der Waals surface area contributed by atoms with Crippen molar-refractivity contribution in [1.29, 1.82) is 0 Å². The van der Waals surface area contributed by atoms with E-state index in [0.717, 1.165) is 0 Å². The summed E-state index contributed by atoms with van der Waals surface area (Å²) in [4.78, 5) is 51.0. The number of amides is 4. The Morgan fingerprint density at radius 3 is 2.41 bits per heavy atom.